The number of fused-ring (bicyclic) bond motifs is 2. The van der Waals surface area contributed by atoms with Crippen molar-refractivity contribution in [1.29, 1.82) is 0 Å². The Morgan fingerprint density at radius 1 is 1.38 bits per heavy atom. The largest absolute Gasteiger partial charge is 0.350 e. The van der Waals surface area contributed by atoms with Crippen LogP contribution in [0.25, 0.3) is 0 Å². The molecule has 3 saturated heterocycles. The Balaban J connectivity index is 1.96. The van der Waals surface area contributed by atoms with E-state index >= 15 is 0 Å². The summed E-state index contributed by atoms with van der Waals surface area (Å²) < 4.78 is -0.179. The topological polar surface area (TPSA) is 41.1 Å². The van der Waals surface area contributed by atoms with Gasteiger partial charge in [-0.05, 0) is 13.0 Å². The maximum Gasteiger partial charge on any atom is 0.248 e. The van der Waals surface area contributed by atoms with Gasteiger partial charge in [-0.1, -0.05) is 0 Å². The second-order valence-corrected chi connectivity index (χ2v) is 6.61. The Morgan fingerprint density at radius 2 is 2.15 bits per heavy atom. The normalized spacial score (nSPS) is 41.1. The summed E-state index contributed by atoms with van der Waals surface area (Å²) in [6.07, 6.45) is 1.10. The molecule has 2 N–H and O–H groups in total. The van der Waals surface area contributed by atoms with Crippen LogP contribution in [0.2, 0.25) is 0 Å². The fourth-order valence-electron chi connectivity index (χ4n) is 2.41. The predicted molar refractivity (Wildman–Crippen MR) is 56.0 cm³/mol. The zero-order valence-corrected chi connectivity index (χ0v) is 8.84. The van der Waals surface area contributed by atoms with E-state index in [0.29, 0.717) is 12.1 Å². The molecule has 0 unspecified atom stereocenters. The number of hydrogen-bond acceptors (Lipinski definition) is 4. The summed E-state index contributed by atoms with van der Waals surface area (Å²) in [4.78, 5) is 11.8. The van der Waals surface area contributed by atoms with Gasteiger partial charge in [0.05, 0.1) is 6.04 Å². The van der Waals surface area contributed by atoms with Crippen molar-refractivity contribution in [2.75, 3.05) is 18.1 Å². The van der Waals surface area contributed by atoms with E-state index in [2.05, 4.69) is 10.6 Å². The predicted octanol–water partition coefficient (Wildman–Crippen LogP) is 0.0230. The van der Waals surface area contributed by atoms with Gasteiger partial charge in [-0.2, -0.15) is 0 Å². The SMILES string of the molecule is O=C1N[C@H]2CCN[C@@H]2C12SCCS2. The number of hydrogen-bond donors (Lipinski definition) is 2. The number of nitrogens with one attached hydrogen (secondary N) is 2. The van der Waals surface area contributed by atoms with Gasteiger partial charge in [-0.15, -0.1) is 23.5 Å². The summed E-state index contributed by atoms with van der Waals surface area (Å²) in [5.74, 6) is 2.48. The Labute approximate surface area is 85.8 Å². The molecule has 0 aromatic heterocycles. The molecule has 0 bridgehead atoms. The first kappa shape index (κ1) is 8.44. The Morgan fingerprint density at radius 3 is 2.92 bits per heavy atom. The molecule has 72 valence electrons. The molecule has 1 spiro atoms. The van der Waals surface area contributed by atoms with Crippen LogP contribution >= 0.6 is 23.5 Å². The average molecular weight is 216 g/mol. The van der Waals surface area contributed by atoms with Gasteiger partial charge in [0.1, 0.15) is 0 Å². The lowest BCUT2D eigenvalue weighted by Gasteiger charge is -2.24. The molecule has 0 aliphatic carbocycles. The molecule has 2 atom stereocenters. The third kappa shape index (κ3) is 1.01. The van der Waals surface area contributed by atoms with Gasteiger partial charge in [-0.25, -0.2) is 0 Å². The highest BCUT2D eigenvalue weighted by molar-refractivity contribution is 8.22. The minimum atomic E-state index is -0.179. The summed E-state index contributed by atoms with van der Waals surface area (Å²) in [5, 5.41) is 6.56. The van der Waals surface area contributed by atoms with Crippen molar-refractivity contribution in [3.05, 3.63) is 0 Å². The molecule has 0 saturated carbocycles. The summed E-state index contributed by atoms with van der Waals surface area (Å²) >= 11 is 3.65. The molecule has 13 heavy (non-hydrogen) atoms. The molecule has 3 heterocycles. The minimum Gasteiger partial charge on any atom is -0.350 e. The maximum atomic E-state index is 11.8. The van der Waals surface area contributed by atoms with Crippen LogP contribution in [0.1, 0.15) is 6.42 Å². The van der Waals surface area contributed by atoms with E-state index < -0.39 is 0 Å². The molecule has 0 radical (unpaired) electrons. The van der Waals surface area contributed by atoms with Crippen LogP contribution in [0.5, 0.6) is 0 Å². The quantitative estimate of drug-likeness (QED) is 0.599. The Bertz CT molecular complexity index is 253. The first-order valence-corrected chi connectivity index (χ1v) is 6.62. The summed E-state index contributed by atoms with van der Waals surface area (Å²) in [7, 11) is 0. The molecule has 3 aliphatic heterocycles. The number of rotatable bonds is 0. The molecular formula is C8H12N2OS2. The standard InChI is InChI=1S/C8H12N2OS2/c11-7-8(12-3-4-13-8)6-5(10-7)1-2-9-6/h5-6,9H,1-4H2,(H,10,11)/t5-,6-/m0/s1. The lowest BCUT2D eigenvalue weighted by molar-refractivity contribution is -0.119. The van der Waals surface area contributed by atoms with Crippen LogP contribution in [-0.4, -0.2) is 40.1 Å². The zero-order chi connectivity index (χ0) is 8.89. The van der Waals surface area contributed by atoms with E-state index in [1.54, 1.807) is 0 Å². The third-order valence-corrected chi connectivity index (χ3v) is 6.50. The summed E-state index contributed by atoms with van der Waals surface area (Å²) in [5.41, 5.74) is 0. The van der Waals surface area contributed by atoms with E-state index in [-0.39, 0.29) is 9.99 Å². The lowest BCUT2D eigenvalue weighted by Crippen LogP contribution is -2.44. The van der Waals surface area contributed by atoms with Crippen LogP contribution in [0.3, 0.4) is 0 Å². The molecular weight excluding hydrogens is 204 g/mol. The highest BCUT2D eigenvalue weighted by Crippen LogP contribution is 2.51. The molecule has 5 heteroatoms. The molecule has 3 fully saturated rings. The van der Waals surface area contributed by atoms with E-state index in [9.17, 15) is 4.79 Å². The van der Waals surface area contributed by atoms with Crippen molar-refractivity contribution in [2.24, 2.45) is 0 Å². The van der Waals surface area contributed by atoms with E-state index in [1.807, 2.05) is 23.5 Å². The van der Waals surface area contributed by atoms with Gasteiger partial charge in [0.25, 0.3) is 0 Å². The molecule has 3 nitrogen and oxygen atoms in total. The molecule has 1 amide bonds. The molecule has 3 rings (SSSR count). The second-order valence-electron chi connectivity index (χ2n) is 3.66. The highest BCUT2D eigenvalue weighted by atomic mass is 32.2. The Kier molecular flexibility index (Phi) is 1.82. The highest BCUT2D eigenvalue weighted by Gasteiger charge is 2.59. The first-order valence-electron chi connectivity index (χ1n) is 4.65. The van der Waals surface area contributed by atoms with Crippen molar-refractivity contribution in [1.82, 2.24) is 10.6 Å². The number of carbonyl (C=O) groups is 1. The van der Waals surface area contributed by atoms with Gasteiger partial charge >= 0.3 is 0 Å². The smallest absolute Gasteiger partial charge is 0.248 e. The fraction of sp³-hybridized carbons (Fsp3) is 0.875. The zero-order valence-electron chi connectivity index (χ0n) is 7.21. The summed E-state index contributed by atoms with van der Waals surface area (Å²) in [6.45, 7) is 1.05. The number of thioether (sulfide) groups is 2. The van der Waals surface area contributed by atoms with Crippen molar-refractivity contribution < 1.29 is 4.79 Å². The van der Waals surface area contributed by atoms with Crippen molar-refractivity contribution in [3.8, 4) is 0 Å². The second kappa shape index (κ2) is 2.81. The van der Waals surface area contributed by atoms with Crippen LogP contribution in [-0.2, 0) is 4.79 Å². The van der Waals surface area contributed by atoms with Gasteiger partial charge in [0.2, 0.25) is 5.91 Å². The van der Waals surface area contributed by atoms with E-state index in [1.165, 1.54) is 0 Å². The molecule has 3 aliphatic rings. The van der Waals surface area contributed by atoms with E-state index in [0.717, 1.165) is 24.5 Å². The van der Waals surface area contributed by atoms with Gasteiger partial charge < -0.3 is 10.6 Å². The maximum absolute atomic E-state index is 11.8. The molecule has 0 aromatic carbocycles. The van der Waals surface area contributed by atoms with Gasteiger partial charge in [0.15, 0.2) is 4.08 Å². The van der Waals surface area contributed by atoms with Crippen LogP contribution in [0.15, 0.2) is 0 Å². The summed E-state index contributed by atoms with van der Waals surface area (Å²) in [6, 6.07) is 0.767. The van der Waals surface area contributed by atoms with E-state index in [4.69, 9.17) is 0 Å². The molecule has 0 aromatic rings. The average Bonchev–Trinajstić information content (AvgIpc) is 2.72. The van der Waals surface area contributed by atoms with Crippen LogP contribution < -0.4 is 10.6 Å². The van der Waals surface area contributed by atoms with Crippen LogP contribution in [0, 0.1) is 0 Å². The van der Waals surface area contributed by atoms with Crippen molar-refractivity contribution >= 4 is 29.4 Å². The van der Waals surface area contributed by atoms with Crippen molar-refractivity contribution in [3.63, 3.8) is 0 Å². The van der Waals surface area contributed by atoms with Gasteiger partial charge in [0, 0.05) is 17.5 Å². The minimum absolute atomic E-state index is 0.179. The lowest BCUT2D eigenvalue weighted by atomic mass is 10.1. The monoisotopic (exact) mass is 216 g/mol. The Hall–Kier alpha value is 0.130. The number of amides is 1. The third-order valence-electron chi connectivity index (χ3n) is 2.98. The number of carbonyl (C=O) groups excluding carboxylic acids is 1. The van der Waals surface area contributed by atoms with Gasteiger partial charge in [-0.3, -0.25) is 4.79 Å². The first-order chi connectivity index (χ1) is 6.33. The van der Waals surface area contributed by atoms with Crippen LogP contribution in [0.4, 0.5) is 0 Å². The fourth-order valence-corrected chi connectivity index (χ4v) is 5.75. The van der Waals surface area contributed by atoms with Crippen molar-refractivity contribution in [2.45, 2.75) is 22.6 Å².